The van der Waals surface area contributed by atoms with Gasteiger partial charge in [-0.1, -0.05) is 12.2 Å². The van der Waals surface area contributed by atoms with Crippen LogP contribution in [0.5, 0.6) is 0 Å². The normalized spacial score (nSPS) is 16.1. The molecule has 0 saturated carbocycles. The van der Waals surface area contributed by atoms with Crippen LogP contribution in [0.1, 0.15) is 12.6 Å². The van der Waals surface area contributed by atoms with Crippen molar-refractivity contribution >= 4 is 16.9 Å². The lowest BCUT2D eigenvalue weighted by Gasteiger charge is -2.26. The first-order valence-electron chi connectivity index (χ1n) is 9.62. The summed E-state index contributed by atoms with van der Waals surface area (Å²) < 4.78 is 12.0. The summed E-state index contributed by atoms with van der Waals surface area (Å²) in [5.74, 6) is 0.691. The van der Waals surface area contributed by atoms with Gasteiger partial charge in [-0.15, -0.1) is 0 Å². The van der Waals surface area contributed by atoms with Crippen LogP contribution in [0.15, 0.2) is 27.9 Å². The van der Waals surface area contributed by atoms with Gasteiger partial charge in [-0.25, -0.2) is 4.79 Å². The van der Waals surface area contributed by atoms with Crippen LogP contribution in [0.2, 0.25) is 0 Å². The van der Waals surface area contributed by atoms with E-state index in [1.807, 2.05) is 30.5 Å². The molecule has 1 aliphatic heterocycles. The fourth-order valence-corrected chi connectivity index (χ4v) is 3.77. The average molecular weight is 386 g/mol. The number of fused-ring (bicyclic) bond motifs is 3. The highest BCUT2D eigenvalue weighted by Gasteiger charge is 2.20. The minimum absolute atomic E-state index is 0.252. The third kappa shape index (κ3) is 3.00. The molecule has 4 rings (SSSR count). The molecule has 1 saturated heterocycles. The van der Waals surface area contributed by atoms with E-state index < -0.39 is 0 Å². The Kier molecular flexibility index (Phi) is 4.94. The zero-order chi connectivity index (χ0) is 19.8. The lowest BCUT2D eigenvalue weighted by Crippen LogP contribution is -2.39. The van der Waals surface area contributed by atoms with E-state index in [-0.39, 0.29) is 17.8 Å². The monoisotopic (exact) mass is 386 g/mol. The van der Waals surface area contributed by atoms with E-state index in [0.717, 1.165) is 45.1 Å². The third-order valence-corrected chi connectivity index (χ3v) is 5.41. The molecule has 0 amide bonds. The molecule has 0 bridgehead atoms. The summed E-state index contributed by atoms with van der Waals surface area (Å²) in [4.78, 5) is 32.7. The second kappa shape index (κ2) is 7.40. The first kappa shape index (κ1) is 18.7. The van der Waals surface area contributed by atoms with Crippen molar-refractivity contribution in [2.24, 2.45) is 7.05 Å². The molecule has 4 heterocycles. The van der Waals surface area contributed by atoms with Crippen molar-refractivity contribution in [2.75, 3.05) is 32.8 Å². The molecule has 0 unspecified atom stereocenters. The standard InChI is InChI=1S/C19H26N6O3/c1-4-5-6-24-17(26)15-16(21(3)19(24)27)20-18-23(14(2)13-25(15)18)8-7-22-9-11-28-12-10-22/h4-5,13H,6-12H2,1-3H3/b5-4+. The summed E-state index contributed by atoms with van der Waals surface area (Å²) in [7, 11) is 1.66. The molecule has 150 valence electrons. The Morgan fingerprint density at radius 1 is 1.18 bits per heavy atom. The van der Waals surface area contributed by atoms with Gasteiger partial charge in [0.05, 0.1) is 13.2 Å². The van der Waals surface area contributed by atoms with E-state index >= 15 is 0 Å². The van der Waals surface area contributed by atoms with Crippen molar-refractivity contribution in [3.8, 4) is 0 Å². The predicted molar refractivity (Wildman–Crippen MR) is 107 cm³/mol. The molecule has 0 aromatic carbocycles. The van der Waals surface area contributed by atoms with Crippen LogP contribution in [0.3, 0.4) is 0 Å². The Labute approximate surface area is 162 Å². The maximum Gasteiger partial charge on any atom is 0.332 e. The van der Waals surface area contributed by atoms with Gasteiger partial charge < -0.3 is 9.30 Å². The average Bonchev–Trinajstić information content (AvgIpc) is 3.20. The quantitative estimate of drug-likeness (QED) is 0.592. The Hall–Kier alpha value is -2.65. The fourth-order valence-electron chi connectivity index (χ4n) is 3.77. The molecule has 1 fully saturated rings. The summed E-state index contributed by atoms with van der Waals surface area (Å²) in [6.45, 7) is 9.18. The van der Waals surface area contributed by atoms with Crippen LogP contribution in [0, 0.1) is 6.92 Å². The number of allylic oxidation sites excluding steroid dienone is 2. The summed E-state index contributed by atoms with van der Waals surface area (Å²) >= 11 is 0. The number of hydrogen-bond acceptors (Lipinski definition) is 5. The summed E-state index contributed by atoms with van der Waals surface area (Å²) in [5.41, 5.74) is 1.23. The molecule has 3 aromatic rings. The molecule has 1 aliphatic rings. The third-order valence-electron chi connectivity index (χ3n) is 5.41. The number of ether oxygens (including phenoxy) is 1. The van der Waals surface area contributed by atoms with Gasteiger partial charge >= 0.3 is 5.69 Å². The second-order valence-electron chi connectivity index (χ2n) is 7.16. The lowest BCUT2D eigenvalue weighted by atomic mass is 10.4. The Bertz CT molecular complexity index is 1160. The molecule has 0 spiro atoms. The summed E-state index contributed by atoms with van der Waals surface area (Å²) in [6, 6.07) is 0. The van der Waals surface area contributed by atoms with Gasteiger partial charge in [0.1, 0.15) is 0 Å². The van der Waals surface area contributed by atoms with Crippen molar-refractivity contribution in [3.05, 3.63) is 44.9 Å². The highest BCUT2D eigenvalue weighted by atomic mass is 16.5. The Morgan fingerprint density at radius 3 is 2.64 bits per heavy atom. The maximum absolute atomic E-state index is 13.0. The molecule has 0 aliphatic carbocycles. The number of rotatable bonds is 5. The SMILES string of the molecule is C/C=C/Cn1c(=O)c2c(nc3n(CCN4CCOCC4)c(C)cn23)n(C)c1=O. The van der Waals surface area contributed by atoms with Crippen LogP contribution in [0.4, 0.5) is 0 Å². The van der Waals surface area contributed by atoms with Gasteiger partial charge in [-0.2, -0.15) is 4.98 Å². The van der Waals surface area contributed by atoms with Gasteiger partial charge in [0.25, 0.3) is 5.56 Å². The highest BCUT2D eigenvalue weighted by Crippen LogP contribution is 2.16. The van der Waals surface area contributed by atoms with Crippen LogP contribution in [0.25, 0.3) is 16.9 Å². The zero-order valence-corrected chi connectivity index (χ0v) is 16.6. The van der Waals surface area contributed by atoms with Gasteiger partial charge in [0.15, 0.2) is 11.2 Å². The van der Waals surface area contributed by atoms with Gasteiger partial charge in [0.2, 0.25) is 5.78 Å². The van der Waals surface area contributed by atoms with Crippen molar-refractivity contribution < 1.29 is 4.74 Å². The van der Waals surface area contributed by atoms with E-state index in [9.17, 15) is 9.59 Å². The number of imidazole rings is 2. The number of aromatic nitrogens is 5. The number of morpholine rings is 1. The molecule has 9 heteroatoms. The number of aryl methyl sites for hydroxylation is 2. The summed E-state index contributed by atoms with van der Waals surface area (Å²) in [6.07, 6.45) is 5.55. The molecule has 0 atom stereocenters. The van der Waals surface area contributed by atoms with E-state index in [0.29, 0.717) is 16.9 Å². The van der Waals surface area contributed by atoms with Crippen molar-refractivity contribution in [2.45, 2.75) is 26.9 Å². The molecule has 3 aromatic heterocycles. The van der Waals surface area contributed by atoms with Crippen LogP contribution in [-0.4, -0.2) is 60.8 Å². The number of nitrogens with zero attached hydrogens (tertiary/aromatic N) is 6. The zero-order valence-electron chi connectivity index (χ0n) is 16.6. The van der Waals surface area contributed by atoms with E-state index in [2.05, 4.69) is 14.5 Å². The minimum atomic E-state index is -0.354. The van der Waals surface area contributed by atoms with Crippen LogP contribution in [-0.2, 0) is 24.9 Å². The molecular weight excluding hydrogens is 360 g/mol. The highest BCUT2D eigenvalue weighted by molar-refractivity contribution is 5.75. The van der Waals surface area contributed by atoms with E-state index in [1.54, 1.807) is 13.1 Å². The van der Waals surface area contributed by atoms with Crippen molar-refractivity contribution in [3.63, 3.8) is 0 Å². The fraction of sp³-hybridized carbons (Fsp3) is 0.526. The molecule has 0 N–H and O–H groups in total. The Balaban J connectivity index is 1.81. The lowest BCUT2D eigenvalue weighted by molar-refractivity contribution is 0.0364. The van der Waals surface area contributed by atoms with E-state index in [1.165, 1.54) is 9.13 Å². The molecule has 28 heavy (non-hydrogen) atoms. The first-order valence-corrected chi connectivity index (χ1v) is 9.62. The summed E-state index contributed by atoms with van der Waals surface area (Å²) in [5, 5.41) is 0. The van der Waals surface area contributed by atoms with Crippen molar-refractivity contribution in [1.29, 1.82) is 0 Å². The smallest absolute Gasteiger partial charge is 0.332 e. The molecule has 9 nitrogen and oxygen atoms in total. The Morgan fingerprint density at radius 2 is 1.93 bits per heavy atom. The van der Waals surface area contributed by atoms with Gasteiger partial charge in [-0.3, -0.25) is 23.2 Å². The maximum atomic E-state index is 13.0. The predicted octanol–water partition coefficient (Wildman–Crippen LogP) is 0.366. The van der Waals surface area contributed by atoms with Crippen LogP contribution >= 0.6 is 0 Å². The largest absolute Gasteiger partial charge is 0.379 e. The van der Waals surface area contributed by atoms with Crippen LogP contribution < -0.4 is 11.2 Å². The van der Waals surface area contributed by atoms with Crippen molar-refractivity contribution in [1.82, 2.24) is 28.0 Å². The minimum Gasteiger partial charge on any atom is -0.379 e. The molecular formula is C19H26N6O3. The second-order valence-corrected chi connectivity index (χ2v) is 7.16. The van der Waals surface area contributed by atoms with Gasteiger partial charge in [0, 0.05) is 51.7 Å². The van der Waals surface area contributed by atoms with Gasteiger partial charge in [-0.05, 0) is 13.8 Å². The van der Waals surface area contributed by atoms with E-state index in [4.69, 9.17) is 4.74 Å². The number of hydrogen-bond donors (Lipinski definition) is 0. The first-order chi connectivity index (χ1) is 13.5. The topological polar surface area (TPSA) is 78.7 Å². The molecule has 0 radical (unpaired) electrons.